The second-order valence-electron chi connectivity index (χ2n) is 4.73. The van der Waals surface area contributed by atoms with E-state index in [9.17, 15) is 4.79 Å². The Kier molecular flexibility index (Phi) is 4.17. The summed E-state index contributed by atoms with van der Waals surface area (Å²) in [5, 5.41) is 6.07. The lowest BCUT2D eigenvalue weighted by atomic mass is 9.95. The molecule has 2 N–H and O–H groups in total. The van der Waals surface area contributed by atoms with Crippen LogP contribution in [0.4, 0.5) is 5.69 Å². The molecule has 2 rings (SSSR count). The van der Waals surface area contributed by atoms with Crippen molar-refractivity contribution >= 4 is 28.8 Å². The Hall–Kier alpha value is -1.46. The predicted octanol–water partition coefficient (Wildman–Crippen LogP) is 1.64. The van der Waals surface area contributed by atoms with E-state index in [-0.39, 0.29) is 5.91 Å². The van der Waals surface area contributed by atoms with Crippen molar-refractivity contribution in [2.24, 2.45) is 0 Å². The van der Waals surface area contributed by atoms with E-state index < -0.39 is 5.54 Å². The second-order valence-corrected chi connectivity index (χ2v) is 5.14. The molecule has 19 heavy (non-hydrogen) atoms. The summed E-state index contributed by atoms with van der Waals surface area (Å²) in [6.45, 7) is 6.21. The van der Waals surface area contributed by atoms with Gasteiger partial charge in [-0.1, -0.05) is 37.3 Å². The van der Waals surface area contributed by atoms with Crippen LogP contribution in [0.25, 0.3) is 0 Å². The van der Waals surface area contributed by atoms with Gasteiger partial charge in [-0.3, -0.25) is 9.69 Å². The van der Waals surface area contributed by atoms with Crippen LogP contribution in [-0.4, -0.2) is 41.0 Å². The third kappa shape index (κ3) is 2.62. The molecular weight excluding hydrogens is 258 g/mol. The van der Waals surface area contributed by atoms with Gasteiger partial charge in [0.15, 0.2) is 0 Å². The minimum Gasteiger partial charge on any atom is -0.353 e. The molecule has 0 aromatic heterocycles. The molecule has 5 heteroatoms. The van der Waals surface area contributed by atoms with Crippen molar-refractivity contribution in [1.29, 1.82) is 0 Å². The summed E-state index contributed by atoms with van der Waals surface area (Å²) >= 11 is 5.48. The largest absolute Gasteiger partial charge is 0.353 e. The van der Waals surface area contributed by atoms with Crippen molar-refractivity contribution < 1.29 is 4.79 Å². The van der Waals surface area contributed by atoms with Crippen LogP contribution in [0.2, 0.25) is 0 Å². The summed E-state index contributed by atoms with van der Waals surface area (Å²) < 4.78 is 0. The summed E-state index contributed by atoms with van der Waals surface area (Å²) in [5.41, 5.74) is 0.126. The first-order valence-corrected chi connectivity index (χ1v) is 6.89. The van der Waals surface area contributed by atoms with Crippen LogP contribution in [0.5, 0.6) is 0 Å². The SMILES string of the molecule is CCN1CCNC(=O)[C@]1(C)C(=S)Nc1ccccc1. The molecule has 0 unspecified atom stereocenters. The molecule has 1 aliphatic heterocycles. The Bertz CT molecular complexity index is 477. The number of hydrogen-bond donors (Lipinski definition) is 2. The van der Waals surface area contributed by atoms with E-state index in [1.165, 1.54) is 0 Å². The summed E-state index contributed by atoms with van der Waals surface area (Å²) in [6.07, 6.45) is 0. The molecule has 4 nitrogen and oxygen atoms in total. The molecule has 1 aliphatic rings. The zero-order chi connectivity index (χ0) is 13.9. The van der Waals surface area contributed by atoms with Gasteiger partial charge in [-0.25, -0.2) is 0 Å². The first-order valence-electron chi connectivity index (χ1n) is 6.49. The molecule has 0 saturated carbocycles. The van der Waals surface area contributed by atoms with Crippen molar-refractivity contribution in [3.63, 3.8) is 0 Å². The molecule has 0 spiro atoms. The van der Waals surface area contributed by atoms with Gasteiger partial charge >= 0.3 is 0 Å². The number of nitrogens with zero attached hydrogens (tertiary/aromatic N) is 1. The van der Waals surface area contributed by atoms with E-state index in [0.717, 1.165) is 18.8 Å². The predicted molar refractivity (Wildman–Crippen MR) is 81.3 cm³/mol. The fourth-order valence-electron chi connectivity index (χ4n) is 2.34. The van der Waals surface area contributed by atoms with Crippen LogP contribution in [0.1, 0.15) is 13.8 Å². The summed E-state index contributed by atoms with van der Waals surface area (Å²) in [6, 6.07) is 9.69. The van der Waals surface area contributed by atoms with Crippen molar-refractivity contribution in [3.05, 3.63) is 30.3 Å². The number of nitrogens with one attached hydrogen (secondary N) is 2. The van der Waals surface area contributed by atoms with Gasteiger partial charge in [-0.15, -0.1) is 0 Å². The average Bonchev–Trinajstić information content (AvgIpc) is 2.43. The molecule has 1 aromatic carbocycles. The average molecular weight is 277 g/mol. The van der Waals surface area contributed by atoms with Gasteiger partial charge in [0.25, 0.3) is 0 Å². The van der Waals surface area contributed by atoms with Crippen LogP contribution in [0.3, 0.4) is 0 Å². The van der Waals surface area contributed by atoms with Crippen molar-refractivity contribution in [2.75, 3.05) is 25.0 Å². The minimum absolute atomic E-state index is 0.0333. The van der Waals surface area contributed by atoms with Crippen LogP contribution in [0, 0.1) is 0 Å². The maximum absolute atomic E-state index is 12.2. The standard InChI is InChI=1S/C14H19N3OS/c1-3-17-10-9-15-12(18)14(17,2)13(19)16-11-7-5-4-6-8-11/h4-8H,3,9-10H2,1-2H3,(H,15,18)(H,16,19)/t14-/m1/s1. The quantitative estimate of drug-likeness (QED) is 0.824. The van der Waals surface area contributed by atoms with E-state index in [1.807, 2.05) is 44.2 Å². The fraction of sp³-hybridized carbons (Fsp3) is 0.429. The number of anilines is 1. The zero-order valence-corrected chi connectivity index (χ0v) is 12.1. The minimum atomic E-state index is -0.780. The van der Waals surface area contributed by atoms with Gasteiger partial charge in [-0.2, -0.15) is 0 Å². The molecule has 1 heterocycles. The van der Waals surface area contributed by atoms with E-state index in [1.54, 1.807) is 0 Å². The smallest absolute Gasteiger partial charge is 0.247 e. The molecule has 1 aromatic rings. The van der Waals surface area contributed by atoms with Crippen LogP contribution < -0.4 is 10.6 Å². The van der Waals surface area contributed by atoms with Crippen LogP contribution in [0.15, 0.2) is 30.3 Å². The number of likely N-dealkylation sites (N-methyl/N-ethyl adjacent to an activating group) is 1. The third-order valence-electron chi connectivity index (χ3n) is 3.60. The molecule has 0 aliphatic carbocycles. The Labute approximate surface area is 119 Å². The third-order valence-corrected chi connectivity index (χ3v) is 4.10. The lowest BCUT2D eigenvalue weighted by Gasteiger charge is -2.43. The van der Waals surface area contributed by atoms with Crippen LogP contribution >= 0.6 is 12.2 Å². The lowest BCUT2D eigenvalue weighted by molar-refractivity contribution is -0.131. The fourth-order valence-corrected chi connectivity index (χ4v) is 2.68. The van der Waals surface area contributed by atoms with E-state index in [2.05, 4.69) is 15.5 Å². The number of hydrogen-bond acceptors (Lipinski definition) is 3. The number of carbonyl (C=O) groups excluding carboxylic acids is 1. The number of rotatable bonds is 3. The Balaban J connectivity index is 2.21. The van der Waals surface area contributed by atoms with Crippen molar-refractivity contribution in [3.8, 4) is 0 Å². The molecule has 1 saturated heterocycles. The van der Waals surface area contributed by atoms with Crippen LogP contribution in [-0.2, 0) is 4.79 Å². The topological polar surface area (TPSA) is 44.4 Å². The molecule has 0 bridgehead atoms. The molecule has 0 radical (unpaired) electrons. The highest BCUT2D eigenvalue weighted by atomic mass is 32.1. The summed E-state index contributed by atoms with van der Waals surface area (Å²) in [4.78, 5) is 14.9. The lowest BCUT2D eigenvalue weighted by Crippen LogP contribution is -2.67. The first kappa shape index (κ1) is 14.0. The van der Waals surface area contributed by atoms with Gasteiger partial charge in [0.1, 0.15) is 10.5 Å². The van der Waals surface area contributed by atoms with Gasteiger partial charge in [0.05, 0.1) is 0 Å². The Morgan fingerprint density at radius 3 is 2.79 bits per heavy atom. The highest BCUT2D eigenvalue weighted by Crippen LogP contribution is 2.22. The van der Waals surface area contributed by atoms with Gasteiger partial charge in [0.2, 0.25) is 5.91 Å². The highest BCUT2D eigenvalue weighted by Gasteiger charge is 2.45. The molecule has 1 atom stereocenters. The van der Waals surface area contributed by atoms with Crippen molar-refractivity contribution in [1.82, 2.24) is 10.2 Å². The number of amides is 1. The number of benzene rings is 1. The Morgan fingerprint density at radius 1 is 1.47 bits per heavy atom. The van der Waals surface area contributed by atoms with Gasteiger partial charge in [0, 0.05) is 18.8 Å². The van der Waals surface area contributed by atoms with Gasteiger partial charge < -0.3 is 10.6 Å². The van der Waals surface area contributed by atoms with E-state index in [4.69, 9.17) is 12.2 Å². The number of thiocarbonyl (C=S) groups is 1. The van der Waals surface area contributed by atoms with E-state index in [0.29, 0.717) is 11.5 Å². The zero-order valence-electron chi connectivity index (χ0n) is 11.3. The highest BCUT2D eigenvalue weighted by molar-refractivity contribution is 7.80. The van der Waals surface area contributed by atoms with Crippen molar-refractivity contribution in [2.45, 2.75) is 19.4 Å². The molecule has 1 fully saturated rings. The number of piperazine rings is 1. The normalized spacial score (nSPS) is 23.8. The summed E-state index contributed by atoms with van der Waals surface area (Å²) in [7, 11) is 0. The van der Waals surface area contributed by atoms with Gasteiger partial charge in [-0.05, 0) is 25.6 Å². The number of carbonyl (C=O) groups is 1. The monoisotopic (exact) mass is 277 g/mol. The maximum Gasteiger partial charge on any atom is 0.247 e. The summed E-state index contributed by atoms with van der Waals surface area (Å²) in [5.74, 6) is -0.0333. The molecule has 102 valence electrons. The molecular formula is C14H19N3OS. The Morgan fingerprint density at radius 2 is 2.16 bits per heavy atom. The number of para-hydroxylation sites is 1. The van der Waals surface area contributed by atoms with E-state index >= 15 is 0 Å². The first-order chi connectivity index (χ1) is 9.09. The second kappa shape index (κ2) is 5.67. The molecule has 1 amide bonds. The maximum atomic E-state index is 12.2.